The van der Waals surface area contributed by atoms with Gasteiger partial charge in [-0.3, -0.25) is 0 Å². The summed E-state index contributed by atoms with van der Waals surface area (Å²) >= 11 is 9.24. The van der Waals surface area contributed by atoms with Crippen LogP contribution in [0.1, 0.15) is 0 Å². The summed E-state index contributed by atoms with van der Waals surface area (Å²) in [5.41, 5.74) is 0. The molecule has 0 N–H and O–H groups in total. The fourth-order valence-electron chi connectivity index (χ4n) is 0.585. The van der Waals surface area contributed by atoms with Crippen LogP contribution in [0, 0.1) is 0 Å². The van der Waals surface area contributed by atoms with Crippen molar-refractivity contribution in [3.05, 3.63) is 30.3 Å². The Morgan fingerprint density at radius 2 is 1.90 bits per heavy atom. The molecule has 0 aliphatic carbocycles. The van der Waals surface area contributed by atoms with Gasteiger partial charge in [-0.15, -0.1) is 0 Å². The van der Waals surface area contributed by atoms with E-state index in [2.05, 4.69) is 16.0 Å². The van der Waals surface area contributed by atoms with Crippen LogP contribution in [0.5, 0.6) is 0 Å². The second-order valence-electron chi connectivity index (χ2n) is 1.67. The Labute approximate surface area is 78.2 Å². The number of thiocarbonyl (C=S) groups is 1. The van der Waals surface area contributed by atoms with Crippen LogP contribution in [-0.4, -0.2) is 19.1 Å². The molecule has 0 bridgehead atoms. The third-order valence-corrected chi connectivity index (χ3v) is 2.39. The predicted octanol–water partition coefficient (Wildman–Crippen LogP) is 2.23. The van der Waals surface area contributed by atoms with E-state index in [0.717, 1.165) is 3.10 Å². The second-order valence-corrected chi connectivity index (χ2v) is 5.44. The molecule has 1 rings (SSSR count). The summed E-state index contributed by atoms with van der Waals surface area (Å²) in [6, 6.07) is 10.1. The van der Waals surface area contributed by atoms with Crippen LogP contribution < -0.4 is 0 Å². The molecular weight excluding hydrogens is 227 g/mol. The van der Waals surface area contributed by atoms with Crippen LogP contribution in [0.4, 0.5) is 0 Å². The van der Waals surface area contributed by atoms with Crippen molar-refractivity contribution in [1.82, 2.24) is 0 Å². The van der Waals surface area contributed by atoms with Gasteiger partial charge in [0.2, 0.25) is 0 Å². The number of hydrogen-bond acceptors (Lipinski definition) is 2. The molecular formula is C7H5S2Se. The van der Waals surface area contributed by atoms with Gasteiger partial charge in [-0.1, -0.05) is 0 Å². The summed E-state index contributed by atoms with van der Waals surface area (Å²) in [7, 11) is 0. The van der Waals surface area contributed by atoms with E-state index in [9.17, 15) is 0 Å². The number of rotatable bonds is 1. The summed E-state index contributed by atoms with van der Waals surface area (Å²) in [6.45, 7) is 0. The number of benzene rings is 1. The van der Waals surface area contributed by atoms with E-state index in [1.807, 2.05) is 30.3 Å². The van der Waals surface area contributed by atoms with Gasteiger partial charge in [0, 0.05) is 0 Å². The van der Waals surface area contributed by atoms with Gasteiger partial charge in [-0.2, -0.15) is 0 Å². The average molecular weight is 232 g/mol. The topological polar surface area (TPSA) is 0 Å². The van der Waals surface area contributed by atoms with Crippen molar-refractivity contribution < 1.29 is 0 Å². The molecule has 0 fully saturated rings. The molecule has 0 amide bonds. The Morgan fingerprint density at radius 3 is 2.40 bits per heavy atom. The van der Waals surface area contributed by atoms with Crippen molar-refractivity contribution in [2.45, 2.75) is 4.90 Å². The summed E-state index contributed by atoms with van der Waals surface area (Å²) in [5.74, 6) is 0. The molecule has 0 saturated heterocycles. The van der Waals surface area contributed by atoms with Gasteiger partial charge < -0.3 is 0 Å². The van der Waals surface area contributed by atoms with Gasteiger partial charge in [0.15, 0.2) is 0 Å². The van der Waals surface area contributed by atoms with Crippen LogP contribution >= 0.6 is 24.0 Å². The molecule has 0 unspecified atom stereocenters. The van der Waals surface area contributed by atoms with Gasteiger partial charge in [-0.05, 0) is 0 Å². The average Bonchev–Trinajstić information content (AvgIpc) is 1.88. The molecule has 0 aliphatic rings. The van der Waals surface area contributed by atoms with E-state index >= 15 is 0 Å². The van der Waals surface area contributed by atoms with E-state index < -0.39 is 0 Å². The van der Waals surface area contributed by atoms with Crippen LogP contribution in [0.15, 0.2) is 35.2 Å². The third-order valence-electron chi connectivity index (χ3n) is 0.944. The third kappa shape index (κ3) is 2.84. The molecule has 0 saturated carbocycles. The molecule has 10 heavy (non-hydrogen) atoms. The van der Waals surface area contributed by atoms with Crippen LogP contribution in [0.2, 0.25) is 0 Å². The zero-order valence-electron chi connectivity index (χ0n) is 5.11. The Morgan fingerprint density at radius 1 is 1.30 bits per heavy atom. The zero-order valence-corrected chi connectivity index (χ0v) is 8.46. The first-order valence-corrected chi connectivity index (χ1v) is 4.81. The standard InChI is InChI=1S/C7H5S2Se/c8-7(10)9-6-4-2-1-3-5-6/h1-5H. The molecule has 0 aromatic heterocycles. The van der Waals surface area contributed by atoms with Crippen LogP contribution in [-0.2, 0) is 0 Å². The van der Waals surface area contributed by atoms with Crippen molar-refractivity contribution in [3.63, 3.8) is 0 Å². The molecule has 51 valence electrons. The van der Waals surface area contributed by atoms with Gasteiger partial charge in [0.05, 0.1) is 0 Å². The Bertz CT molecular complexity index is 220. The minimum absolute atomic E-state index is 0.839. The minimum atomic E-state index is 0.839. The summed E-state index contributed by atoms with van der Waals surface area (Å²) in [5, 5.41) is 0. The van der Waals surface area contributed by atoms with Crippen molar-refractivity contribution >= 4 is 43.1 Å². The molecule has 0 spiro atoms. The van der Waals surface area contributed by atoms with Crippen molar-refractivity contribution in [3.8, 4) is 0 Å². The van der Waals surface area contributed by atoms with Crippen LogP contribution in [0.25, 0.3) is 0 Å². The van der Waals surface area contributed by atoms with E-state index in [1.165, 1.54) is 4.90 Å². The van der Waals surface area contributed by atoms with Gasteiger partial charge >= 0.3 is 78.3 Å². The Balaban J connectivity index is 2.67. The van der Waals surface area contributed by atoms with E-state index in [1.54, 1.807) is 11.8 Å². The first-order chi connectivity index (χ1) is 4.79. The van der Waals surface area contributed by atoms with Crippen LogP contribution in [0.3, 0.4) is 0 Å². The molecule has 0 nitrogen and oxygen atoms in total. The van der Waals surface area contributed by atoms with Crippen molar-refractivity contribution in [1.29, 1.82) is 0 Å². The monoisotopic (exact) mass is 233 g/mol. The maximum atomic E-state index is 4.88. The molecule has 0 heterocycles. The Hall–Kier alpha value is 0.179. The zero-order chi connectivity index (χ0) is 7.40. The summed E-state index contributed by atoms with van der Waals surface area (Å²) in [6.07, 6.45) is 0. The predicted molar refractivity (Wildman–Crippen MR) is 50.7 cm³/mol. The number of thioether (sulfide) groups is 1. The molecule has 1 aromatic rings. The molecule has 1 radical (unpaired) electrons. The fraction of sp³-hybridized carbons (Fsp3) is 0. The van der Waals surface area contributed by atoms with E-state index in [4.69, 9.17) is 12.2 Å². The number of hydrogen-bond donors (Lipinski definition) is 0. The molecule has 1 aromatic carbocycles. The quantitative estimate of drug-likeness (QED) is 0.414. The SMILES string of the molecule is S=C([Se])Sc1ccccc1. The normalized spacial score (nSPS) is 9.20. The first-order valence-electron chi connectivity index (χ1n) is 2.73. The van der Waals surface area contributed by atoms with Gasteiger partial charge in [-0.25, -0.2) is 0 Å². The Kier molecular flexibility index (Phi) is 3.43. The van der Waals surface area contributed by atoms with Crippen molar-refractivity contribution in [2.75, 3.05) is 0 Å². The molecule has 0 atom stereocenters. The molecule has 3 heteroatoms. The summed E-state index contributed by atoms with van der Waals surface area (Å²) < 4.78 is 0.839. The fourth-order valence-corrected chi connectivity index (χ4v) is 1.96. The summed E-state index contributed by atoms with van der Waals surface area (Å²) in [4.78, 5) is 1.19. The molecule has 0 aliphatic heterocycles. The first kappa shape index (κ1) is 8.28. The van der Waals surface area contributed by atoms with E-state index in [-0.39, 0.29) is 0 Å². The van der Waals surface area contributed by atoms with Gasteiger partial charge in [0.25, 0.3) is 0 Å². The van der Waals surface area contributed by atoms with E-state index in [0.29, 0.717) is 0 Å². The maximum absolute atomic E-state index is 4.88. The second kappa shape index (κ2) is 4.14. The van der Waals surface area contributed by atoms with Crippen molar-refractivity contribution in [2.24, 2.45) is 0 Å². The van der Waals surface area contributed by atoms with Gasteiger partial charge in [0.1, 0.15) is 0 Å².